The predicted octanol–water partition coefficient (Wildman–Crippen LogP) is 0.498. The lowest BCUT2D eigenvalue weighted by atomic mass is 9.89. The largest absolute Gasteiger partial charge is 0.383 e. The standard InChI is InChI=1S/C10H21NO3/c1-10(12,9(13-2)14-3)8-6-4-5-7-11-8/h8-9,11-12H,4-7H2,1-3H3. The van der Waals surface area contributed by atoms with Gasteiger partial charge in [-0.15, -0.1) is 0 Å². The fourth-order valence-electron chi connectivity index (χ4n) is 2.09. The summed E-state index contributed by atoms with van der Waals surface area (Å²) in [5.74, 6) is 0. The summed E-state index contributed by atoms with van der Waals surface area (Å²) in [7, 11) is 3.09. The molecule has 0 aromatic heterocycles. The van der Waals surface area contributed by atoms with Crippen LogP contribution in [0.15, 0.2) is 0 Å². The average molecular weight is 203 g/mol. The van der Waals surface area contributed by atoms with Crippen LogP contribution in [-0.4, -0.2) is 43.8 Å². The monoisotopic (exact) mass is 203 g/mol. The van der Waals surface area contributed by atoms with Crippen LogP contribution in [0.25, 0.3) is 0 Å². The maximum absolute atomic E-state index is 10.3. The van der Waals surface area contributed by atoms with Gasteiger partial charge in [-0.25, -0.2) is 0 Å². The first-order chi connectivity index (χ1) is 6.62. The fraction of sp³-hybridized carbons (Fsp3) is 1.00. The highest BCUT2D eigenvalue weighted by Gasteiger charge is 2.40. The zero-order chi connectivity index (χ0) is 10.6. The Morgan fingerprint density at radius 2 is 2.00 bits per heavy atom. The van der Waals surface area contributed by atoms with Crippen molar-refractivity contribution in [1.29, 1.82) is 0 Å². The number of ether oxygens (including phenoxy) is 2. The number of rotatable bonds is 4. The first kappa shape index (κ1) is 11.9. The zero-order valence-corrected chi connectivity index (χ0v) is 9.25. The van der Waals surface area contributed by atoms with E-state index in [0.717, 1.165) is 19.4 Å². The van der Waals surface area contributed by atoms with E-state index in [1.807, 2.05) is 0 Å². The van der Waals surface area contributed by atoms with Crippen molar-refractivity contribution in [2.75, 3.05) is 20.8 Å². The Hall–Kier alpha value is -0.160. The third-order valence-corrected chi connectivity index (χ3v) is 2.92. The Bertz CT molecular complexity index is 163. The van der Waals surface area contributed by atoms with Crippen molar-refractivity contribution in [3.8, 4) is 0 Å². The lowest BCUT2D eigenvalue weighted by molar-refractivity contribution is -0.220. The van der Waals surface area contributed by atoms with Crippen molar-refractivity contribution in [1.82, 2.24) is 5.32 Å². The van der Waals surface area contributed by atoms with Gasteiger partial charge in [0.1, 0.15) is 5.60 Å². The highest BCUT2D eigenvalue weighted by atomic mass is 16.7. The maximum atomic E-state index is 10.3. The fourth-order valence-corrected chi connectivity index (χ4v) is 2.09. The van der Waals surface area contributed by atoms with E-state index in [1.54, 1.807) is 21.1 Å². The van der Waals surface area contributed by atoms with E-state index < -0.39 is 11.9 Å². The molecule has 1 aliphatic heterocycles. The summed E-state index contributed by atoms with van der Waals surface area (Å²) in [5, 5.41) is 13.6. The normalized spacial score (nSPS) is 27.6. The summed E-state index contributed by atoms with van der Waals surface area (Å²) in [6, 6.07) is 0.0566. The molecule has 0 amide bonds. The Kier molecular flexibility index (Phi) is 4.31. The Morgan fingerprint density at radius 1 is 1.36 bits per heavy atom. The SMILES string of the molecule is COC(OC)C(C)(O)C1CCCCN1. The first-order valence-electron chi connectivity index (χ1n) is 5.14. The van der Waals surface area contributed by atoms with Gasteiger partial charge in [-0.1, -0.05) is 6.42 Å². The summed E-state index contributed by atoms with van der Waals surface area (Å²) in [5.41, 5.74) is -0.968. The maximum Gasteiger partial charge on any atom is 0.186 e. The van der Waals surface area contributed by atoms with Crippen LogP contribution in [0.2, 0.25) is 0 Å². The van der Waals surface area contributed by atoms with Gasteiger partial charge in [-0.05, 0) is 26.3 Å². The molecule has 2 unspecified atom stereocenters. The highest BCUT2D eigenvalue weighted by Crippen LogP contribution is 2.24. The third-order valence-electron chi connectivity index (χ3n) is 2.92. The molecule has 0 aromatic carbocycles. The topological polar surface area (TPSA) is 50.7 Å². The molecule has 0 saturated carbocycles. The van der Waals surface area contributed by atoms with Gasteiger partial charge < -0.3 is 19.9 Å². The molecule has 1 rings (SSSR count). The van der Waals surface area contributed by atoms with E-state index in [0.29, 0.717) is 0 Å². The molecule has 4 nitrogen and oxygen atoms in total. The number of hydrogen-bond acceptors (Lipinski definition) is 4. The van der Waals surface area contributed by atoms with Crippen LogP contribution >= 0.6 is 0 Å². The minimum atomic E-state index is -0.968. The molecular formula is C10H21NO3. The Morgan fingerprint density at radius 3 is 2.43 bits per heavy atom. The number of nitrogens with one attached hydrogen (secondary N) is 1. The third kappa shape index (κ3) is 2.45. The Balaban J connectivity index is 2.60. The molecule has 1 fully saturated rings. The van der Waals surface area contributed by atoms with Crippen molar-refractivity contribution < 1.29 is 14.6 Å². The quantitative estimate of drug-likeness (QED) is 0.653. The van der Waals surface area contributed by atoms with E-state index in [4.69, 9.17) is 9.47 Å². The van der Waals surface area contributed by atoms with Crippen molar-refractivity contribution >= 4 is 0 Å². The minimum absolute atomic E-state index is 0.0566. The summed E-state index contributed by atoms with van der Waals surface area (Å²) < 4.78 is 10.2. The molecule has 0 bridgehead atoms. The second-order valence-corrected chi connectivity index (χ2v) is 4.03. The first-order valence-corrected chi connectivity index (χ1v) is 5.14. The molecule has 14 heavy (non-hydrogen) atoms. The van der Waals surface area contributed by atoms with Gasteiger partial charge in [0, 0.05) is 20.3 Å². The van der Waals surface area contributed by atoms with Gasteiger partial charge in [0.2, 0.25) is 0 Å². The highest BCUT2D eigenvalue weighted by molar-refractivity contribution is 4.92. The van der Waals surface area contributed by atoms with Gasteiger partial charge in [-0.3, -0.25) is 0 Å². The van der Waals surface area contributed by atoms with E-state index in [2.05, 4.69) is 5.32 Å². The molecular weight excluding hydrogens is 182 g/mol. The van der Waals surface area contributed by atoms with Crippen LogP contribution in [0, 0.1) is 0 Å². The van der Waals surface area contributed by atoms with E-state index >= 15 is 0 Å². The molecule has 1 aliphatic rings. The van der Waals surface area contributed by atoms with Crippen LogP contribution in [0.1, 0.15) is 26.2 Å². The predicted molar refractivity (Wildman–Crippen MR) is 54.1 cm³/mol. The van der Waals surface area contributed by atoms with E-state index in [9.17, 15) is 5.11 Å². The van der Waals surface area contributed by atoms with Crippen LogP contribution in [0.3, 0.4) is 0 Å². The number of methoxy groups -OCH3 is 2. The van der Waals surface area contributed by atoms with Gasteiger partial charge in [0.05, 0.1) is 0 Å². The average Bonchev–Trinajstić information content (AvgIpc) is 2.20. The van der Waals surface area contributed by atoms with Crippen LogP contribution < -0.4 is 5.32 Å². The van der Waals surface area contributed by atoms with E-state index in [-0.39, 0.29) is 6.04 Å². The lowest BCUT2D eigenvalue weighted by Crippen LogP contribution is -2.58. The minimum Gasteiger partial charge on any atom is -0.383 e. The van der Waals surface area contributed by atoms with E-state index in [1.165, 1.54) is 6.42 Å². The molecule has 1 heterocycles. The molecule has 2 N–H and O–H groups in total. The summed E-state index contributed by atoms with van der Waals surface area (Å²) in [4.78, 5) is 0. The second-order valence-electron chi connectivity index (χ2n) is 4.03. The molecule has 1 saturated heterocycles. The lowest BCUT2D eigenvalue weighted by Gasteiger charge is -2.40. The summed E-state index contributed by atoms with van der Waals surface area (Å²) >= 11 is 0. The summed E-state index contributed by atoms with van der Waals surface area (Å²) in [6.45, 7) is 2.72. The zero-order valence-electron chi connectivity index (χ0n) is 9.25. The summed E-state index contributed by atoms with van der Waals surface area (Å²) in [6.07, 6.45) is 2.72. The van der Waals surface area contributed by atoms with Crippen molar-refractivity contribution in [2.45, 2.75) is 44.1 Å². The van der Waals surface area contributed by atoms with Crippen LogP contribution in [0.4, 0.5) is 0 Å². The molecule has 4 heteroatoms. The second kappa shape index (κ2) is 5.07. The molecule has 0 spiro atoms. The van der Waals surface area contributed by atoms with Crippen molar-refractivity contribution in [2.24, 2.45) is 0 Å². The van der Waals surface area contributed by atoms with Crippen LogP contribution in [0.5, 0.6) is 0 Å². The van der Waals surface area contributed by atoms with Gasteiger partial charge in [0.25, 0.3) is 0 Å². The van der Waals surface area contributed by atoms with Crippen molar-refractivity contribution in [3.05, 3.63) is 0 Å². The molecule has 84 valence electrons. The Labute approximate surface area is 85.6 Å². The molecule has 0 aliphatic carbocycles. The number of hydrogen-bond donors (Lipinski definition) is 2. The molecule has 0 aromatic rings. The van der Waals surface area contributed by atoms with Gasteiger partial charge >= 0.3 is 0 Å². The number of aliphatic hydroxyl groups is 1. The number of piperidine rings is 1. The smallest absolute Gasteiger partial charge is 0.186 e. The van der Waals surface area contributed by atoms with Gasteiger partial charge in [0.15, 0.2) is 6.29 Å². The van der Waals surface area contributed by atoms with Crippen molar-refractivity contribution in [3.63, 3.8) is 0 Å². The molecule has 2 atom stereocenters. The molecule has 0 radical (unpaired) electrons. The van der Waals surface area contributed by atoms with Gasteiger partial charge in [-0.2, -0.15) is 0 Å². The van der Waals surface area contributed by atoms with Crippen LogP contribution in [-0.2, 0) is 9.47 Å².